The van der Waals surface area contributed by atoms with Gasteiger partial charge in [0.2, 0.25) is 10.0 Å². The largest absolute Gasteiger partial charge is 0.382 e. The van der Waals surface area contributed by atoms with Crippen LogP contribution in [0.1, 0.15) is 61.1 Å². The number of aryl methyl sites for hydroxylation is 1. The molecule has 1 saturated heterocycles. The highest BCUT2D eigenvalue weighted by atomic mass is 32.2. The van der Waals surface area contributed by atoms with E-state index in [-0.39, 0.29) is 22.3 Å². The van der Waals surface area contributed by atoms with E-state index in [1.54, 1.807) is 0 Å². The standard InChI is InChI=1S/C25H36N6O2S/c26-21-10-2-16(3-11-21)1-4-19-9-12-22(23(25(27)31-28)24(19)34(29,32)33)18-7-5-17(6-8-18)20-13-14-30-15-20/h5-9,12,16,20-21,30H,1-4,10-11,13-15,26,28H2,(H2,27,31)(H2,29,32,33). The van der Waals surface area contributed by atoms with Crippen LogP contribution < -0.4 is 27.8 Å². The highest BCUT2D eigenvalue weighted by molar-refractivity contribution is 7.89. The van der Waals surface area contributed by atoms with E-state index in [2.05, 4.69) is 22.6 Å². The third kappa shape index (κ3) is 5.43. The van der Waals surface area contributed by atoms with Gasteiger partial charge in [-0.15, -0.1) is 0 Å². The molecule has 184 valence electrons. The molecule has 0 amide bonds. The van der Waals surface area contributed by atoms with Gasteiger partial charge in [-0.2, -0.15) is 5.10 Å². The third-order valence-electron chi connectivity index (χ3n) is 7.39. The lowest BCUT2D eigenvalue weighted by Crippen LogP contribution is -2.27. The van der Waals surface area contributed by atoms with Crippen molar-refractivity contribution in [1.82, 2.24) is 5.32 Å². The molecule has 8 nitrogen and oxygen atoms in total. The van der Waals surface area contributed by atoms with Crippen LogP contribution >= 0.6 is 0 Å². The molecule has 1 aliphatic heterocycles. The van der Waals surface area contributed by atoms with Gasteiger partial charge in [0, 0.05) is 18.2 Å². The zero-order valence-corrected chi connectivity index (χ0v) is 20.4. The Balaban J connectivity index is 1.71. The number of hydrogen-bond donors (Lipinski definition) is 5. The van der Waals surface area contributed by atoms with Crippen molar-refractivity contribution < 1.29 is 8.42 Å². The maximum absolute atomic E-state index is 12.8. The van der Waals surface area contributed by atoms with Crippen molar-refractivity contribution in [2.45, 2.75) is 61.8 Å². The second kappa shape index (κ2) is 10.4. The summed E-state index contributed by atoms with van der Waals surface area (Å²) < 4.78 is 25.6. The van der Waals surface area contributed by atoms with Crippen LogP contribution in [0.25, 0.3) is 11.1 Å². The number of rotatable bonds is 7. The van der Waals surface area contributed by atoms with Crippen LogP contribution in [-0.4, -0.2) is 33.4 Å². The fourth-order valence-electron chi connectivity index (χ4n) is 5.42. The van der Waals surface area contributed by atoms with Gasteiger partial charge in [0.1, 0.15) is 0 Å². The first-order valence-corrected chi connectivity index (χ1v) is 13.6. The first kappa shape index (κ1) is 24.7. The van der Waals surface area contributed by atoms with Crippen molar-refractivity contribution in [2.24, 2.45) is 33.5 Å². The summed E-state index contributed by atoms with van der Waals surface area (Å²) in [6.07, 6.45) is 6.71. The van der Waals surface area contributed by atoms with Crippen LogP contribution in [0.3, 0.4) is 0 Å². The molecule has 1 saturated carbocycles. The summed E-state index contributed by atoms with van der Waals surface area (Å²) in [6.45, 7) is 1.99. The van der Waals surface area contributed by atoms with Crippen LogP contribution in [0.5, 0.6) is 0 Å². The maximum Gasteiger partial charge on any atom is 0.239 e. The average Bonchev–Trinajstić information content (AvgIpc) is 3.37. The molecule has 0 spiro atoms. The SMILES string of the molecule is NN=C(N)c1c(-c2ccc(C3CCNC3)cc2)ccc(CCC2CCC(N)CC2)c1S(N)(=O)=O. The molecule has 1 aliphatic carbocycles. The molecule has 1 heterocycles. The zero-order chi connectivity index (χ0) is 24.3. The summed E-state index contributed by atoms with van der Waals surface area (Å²) in [6, 6.07) is 12.2. The quantitative estimate of drug-likeness (QED) is 0.175. The molecule has 0 bridgehead atoms. The van der Waals surface area contributed by atoms with Crippen molar-refractivity contribution in [3.05, 3.63) is 53.1 Å². The van der Waals surface area contributed by atoms with Gasteiger partial charge in [-0.25, -0.2) is 13.6 Å². The monoisotopic (exact) mass is 484 g/mol. The predicted molar refractivity (Wildman–Crippen MR) is 137 cm³/mol. The van der Waals surface area contributed by atoms with E-state index in [1.807, 2.05) is 24.3 Å². The van der Waals surface area contributed by atoms with E-state index < -0.39 is 10.0 Å². The van der Waals surface area contributed by atoms with E-state index in [1.165, 1.54) is 5.56 Å². The Hall–Kier alpha value is -2.46. The lowest BCUT2D eigenvalue weighted by molar-refractivity contribution is 0.310. The first-order valence-electron chi connectivity index (χ1n) is 12.1. The Labute approximate surface area is 202 Å². The molecule has 0 aromatic heterocycles. The van der Waals surface area contributed by atoms with Gasteiger partial charge in [-0.05, 0) is 85.6 Å². The van der Waals surface area contributed by atoms with Gasteiger partial charge in [0.15, 0.2) is 5.84 Å². The maximum atomic E-state index is 12.8. The number of primary sulfonamides is 1. The number of sulfonamides is 1. The second-order valence-electron chi connectivity index (χ2n) is 9.67. The molecular formula is C25H36N6O2S. The van der Waals surface area contributed by atoms with Crippen LogP contribution in [0.15, 0.2) is 46.4 Å². The molecule has 2 fully saturated rings. The molecule has 2 aromatic carbocycles. The molecule has 0 radical (unpaired) electrons. The van der Waals surface area contributed by atoms with E-state index in [0.717, 1.165) is 57.2 Å². The second-order valence-corrected chi connectivity index (χ2v) is 11.2. The van der Waals surface area contributed by atoms with Gasteiger partial charge in [-0.3, -0.25) is 0 Å². The first-order chi connectivity index (χ1) is 16.3. The van der Waals surface area contributed by atoms with Crippen molar-refractivity contribution in [2.75, 3.05) is 13.1 Å². The lowest BCUT2D eigenvalue weighted by Gasteiger charge is -2.26. The number of hydrogen-bond acceptors (Lipinski definition) is 6. The van der Waals surface area contributed by atoms with Gasteiger partial charge in [0.25, 0.3) is 0 Å². The highest BCUT2D eigenvalue weighted by Gasteiger charge is 2.26. The van der Waals surface area contributed by atoms with Gasteiger partial charge in [-0.1, -0.05) is 36.4 Å². The Morgan fingerprint density at radius 2 is 1.74 bits per heavy atom. The van der Waals surface area contributed by atoms with Crippen LogP contribution in [0.4, 0.5) is 0 Å². The molecule has 2 aromatic rings. The summed E-state index contributed by atoms with van der Waals surface area (Å²) in [5.41, 5.74) is 15.9. The van der Waals surface area contributed by atoms with E-state index >= 15 is 0 Å². The van der Waals surface area contributed by atoms with Crippen molar-refractivity contribution in [3.63, 3.8) is 0 Å². The fourth-order valence-corrected chi connectivity index (χ4v) is 6.45. The van der Waals surface area contributed by atoms with Crippen molar-refractivity contribution >= 4 is 15.9 Å². The highest BCUT2D eigenvalue weighted by Crippen LogP contribution is 2.34. The number of hydrazone groups is 1. The number of amidine groups is 1. The Morgan fingerprint density at radius 3 is 2.32 bits per heavy atom. The minimum absolute atomic E-state index is 0.0216. The average molecular weight is 485 g/mol. The number of benzene rings is 2. The number of nitrogens with two attached hydrogens (primary N) is 4. The number of nitrogens with one attached hydrogen (secondary N) is 1. The molecule has 2 aliphatic rings. The molecule has 1 unspecified atom stereocenters. The lowest BCUT2D eigenvalue weighted by atomic mass is 9.83. The van der Waals surface area contributed by atoms with E-state index in [4.69, 9.17) is 22.4 Å². The van der Waals surface area contributed by atoms with Crippen LogP contribution in [-0.2, 0) is 16.4 Å². The Bertz CT molecular complexity index is 1130. The van der Waals surface area contributed by atoms with Gasteiger partial charge >= 0.3 is 0 Å². The third-order valence-corrected chi connectivity index (χ3v) is 8.42. The fraction of sp³-hybridized carbons (Fsp3) is 0.480. The molecule has 9 N–H and O–H groups in total. The van der Waals surface area contributed by atoms with Gasteiger partial charge < -0.3 is 22.6 Å². The summed E-state index contributed by atoms with van der Waals surface area (Å²) in [5, 5.41) is 12.8. The minimum atomic E-state index is -4.08. The van der Waals surface area contributed by atoms with Gasteiger partial charge in [0.05, 0.1) is 4.90 Å². The van der Waals surface area contributed by atoms with Crippen LogP contribution in [0.2, 0.25) is 0 Å². The van der Waals surface area contributed by atoms with Crippen molar-refractivity contribution in [3.8, 4) is 11.1 Å². The molecule has 9 heteroatoms. The summed E-state index contributed by atoms with van der Waals surface area (Å²) >= 11 is 0. The van der Waals surface area contributed by atoms with Crippen molar-refractivity contribution in [1.29, 1.82) is 0 Å². The smallest absolute Gasteiger partial charge is 0.239 e. The summed E-state index contributed by atoms with van der Waals surface area (Å²) in [4.78, 5) is 0.0216. The molecule has 1 atom stereocenters. The molecule has 34 heavy (non-hydrogen) atoms. The topological polar surface area (TPSA) is 163 Å². The summed E-state index contributed by atoms with van der Waals surface area (Å²) in [7, 11) is -4.08. The minimum Gasteiger partial charge on any atom is -0.382 e. The Morgan fingerprint density at radius 1 is 1.03 bits per heavy atom. The molecule has 4 rings (SSSR count). The van der Waals surface area contributed by atoms with E-state index in [9.17, 15) is 8.42 Å². The Kier molecular flexibility index (Phi) is 7.57. The zero-order valence-electron chi connectivity index (χ0n) is 19.5. The van der Waals surface area contributed by atoms with Crippen LogP contribution in [0, 0.1) is 5.92 Å². The normalized spacial score (nSPS) is 23.8. The summed E-state index contributed by atoms with van der Waals surface area (Å²) in [5.74, 6) is 6.49. The number of nitrogens with zero attached hydrogens (tertiary/aromatic N) is 1. The predicted octanol–water partition coefficient (Wildman–Crippen LogP) is 2.11. The van der Waals surface area contributed by atoms with E-state index in [0.29, 0.717) is 29.4 Å². The molecular weight excluding hydrogens is 448 g/mol.